The van der Waals surface area contributed by atoms with Crippen LogP contribution in [0.15, 0.2) is 12.1 Å². The normalized spacial score (nSPS) is 39.3. The fourth-order valence-corrected chi connectivity index (χ4v) is 6.79. The van der Waals surface area contributed by atoms with Gasteiger partial charge in [0.2, 0.25) is 0 Å². The number of ether oxygens (including phenoxy) is 1. The molecule has 0 bridgehead atoms. The number of benzene rings is 1. The molecule has 2 saturated carbocycles. The Kier molecular flexibility index (Phi) is 4.23. The summed E-state index contributed by atoms with van der Waals surface area (Å²) in [6, 6.07) is 3.55. The first-order chi connectivity index (χ1) is 11.8. The minimum Gasteiger partial charge on any atom is -0.424 e. The summed E-state index contributed by atoms with van der Waals surface area (Å²) in [5.74, 6) is 0.473. The third-order valence-electron chi connectivity index (χ3n) is 7.00. The Labute approximate surface area is 156 Å². The summed E-state index contributed by atoms with van der Waals surface area (Å²) < 4.78 is 19.8. The Balaban J connectivity index is 1.68. The van der Waals surface area contributed by atoms with Gasteiger partial charge in [0.15, 0.2) is 11.6 Å². The molecule has 25 heavy (non-hydrogen) atoms. The lowest BCUT2D eigenvalue weighted by atomic mass is 9.55. The molecule has 3 nitrogen and oxygen atoms in total. The fraction of sp³-hybridized carbons (Fsp3) is 0.650. The first kappa shape index (κ1) is 17.5. The van der Waals surface area contributed by atoms with Crippen molar-refractivity contribution in [1.29, 1.82) is 0 Å². The molecule has 1 aromatic carbocycles. The second kappa shape index (κ2) is 6.05. The van der Waals surface area contributed by atoms with Crippen molar-refractivity contribution in [2.75, 3.05) is 0 Å². The summed E-state index contributed by atoms with van der Waals surface area (Å²) in [5.41, 5.74) is 1.76. The van der Waals surface area contributed by atoms with Crippen LogP contribution in [0.3, 0.4) is 0 Å². The zero-order chi connectivity index (χ0) is 17.9. The zero-order valence-corrected chi connectivity index (χ0v) is 16.2. The highest BCUT2D eigenvalue weighted by Crippen LogP contribution is 2.62. The van der Waals surface area contributed by atoms with Crippen molar-refractivity contribution in [2.45, 2.75) is 62.8 Å². The van der Waals surface area contributed by atoms with E-state index in [0.29, 0.717) is 24.2 Å². The number of rotatable bonds is 1. The molecule has 0 amide bonds. The number of aliphatic hydroxyl groups is 1. The molecule has 6 atom stereocenters. The average molecular weight is 411 g/mol. The lowest BCUT2D eigenvalue weighted by molar-refractivity contribution is -0.132. The van der Waals surface area contributed by atoms with Crippen LogP contribution >= 0.6 is 15.9 Å². The molecule has 4 rings (SSSR count). The van der Waals surface area contributed by atoms with Gasteiger partial charge in [0, 0.05) is 11.8 Å². The van der Waals surface area contributed by atoms with Gasteiger partial charge in [-0.05, 0) is 72.5 Å². The van der Waals surface area contributed by atoms with Gasteiger partial charge in [-0.1, -0.05) is 28.9 Å². The maximum Gasteiger partial charge on any atom is 0.308 e. The van der Waals surface area contributed by atoms with Crippen molar-refractivity contribution in [3.05, 3.63) is 29.1 Å². The van der Waals surface area contributed by atoms with Crippen LogP contribution in [0.1, 0.15) is 56.6 Å². The van der Waals surface area contributed by atoms with Crippen LogP contribution in [0.25, 0.3) is 0 Å². The number of fused-ring (bicyclic) bond motifs is 5. The molecule has 3 aliphatic carbocycles. The molecule has 136 valence electrons. The van der Waals surface area contributed by atoms with E-state index in [1.165, 1.54) is 6.92 Å². The Bertz CT molecular complexity index is 721. The lowest BCUT2D eigenvalue weighted by Crippen LogP contribution is -2.44. The number of esters is 1. The van der Waals surface area contributed by atoms with Gasteiger partial charge in [-0.25, -0.2) is 4.39 Å². The molecule has 0 spiro atoms. The Morgan fingerprint density at radius 3 is 2.88 bits per heavy atom. The van der Waals surface area contributed by atoms with E-state index in [0.717, 1.165) is 36.8 Å². The van der Waals surface area contributed by atoms with Crippen LogP contribution in [0, 0.1) is 23.1 Å². The highest BCUT2D eigenvalue weighted by molar-refractivity contribution is 9.09. The predicted octanol–water partition coefficient (Wildman–Crippen LogP) is 4.34. The monoisotopic (exact) mass is 410 g/mol. The van der Waals surface area contributed by atoms with E-state index in [-0.39, 0.29) is 27.9 Å². The van der Waals surface area contributed by atoms with Crippen LogP contribution in [-0.2, 0) is 11.2 Å². The van der Waals surface area contributed by atoms with Crippen molar-refractivity contribution in [2.24, 2.45) is 17.3 Å². The van der Waals surface area contributed by atoms with E-state index in [2.05, 4.69) is 22.9 Å². The number of hydrogen-bond donors (Lipinski definition) is 1. The largest absolute Gasteiger partial charge is 0.424 e. The number of hydrogen-bond acceptors (Lipinski definition) is 3. The molecule has 0 radical (unpaired) electrons. The highest BCUT2D eigenvalue weighted by Gasteiger charge is 2.57. The molecule has 5 heteroatoms. The smallest absolute Gasteiger partial charge is 0.308 e. The molecule has 0 unspecified atom stereocenters. The third kappa shape index (κ3) is 2.57. The molecule has 1 aromatic rings. The van der Waals surface area contributed by atoms with E-state index in [9.17, 15) is 14.3 Å². The topological polar surface area (TPSA) is 46.5 Å². The van der Waals surface area contributed by atoms with Crippen LogP contribution in [0.4, 0.5) is 4.39 Å². The SMILES string of the molecule is CC(=O)Oc1ccc2c(c1F)CC[C@@H]1[C@@H]2CC[C@]2(C)[C@H](O)[C@H](Br)C[C@@H]12. The van der Waals surface area contributed by atoms with Gasteiger partial charge in [-0.2, -0.15) is 0 Å². The predicted molar refractivity (Wildman–Crippen MR) is 96.4 cm³/mol. The van der Waals surface area contributed by atoms with Gasteiger partial charge in [0.25, 0.3) is 0 Å². The molecular weight excluding hydrogens is 387 g/mol. The van der Waals surface area contributed by atoms with Crippen LogP contribution in [0.5, 0.6) is 5.75 Å². The number of carbonyl (C=O) groups excluding carboxylic acids is 1. The van der Waals surface area contributed by atoms with E-state index in [1.807, 2.05) is 6.07 Å². The summed E-state index contributed by atoms with van der Waals surface area (Å²) in [5, 5.41) is 10.6. The molecular formula is C20H24BrFO3. The molecule has 3 aliphatic rings. The second-order valence-electron chi connectivity index (χ2n) is 8.20. The average Bonchev–Trinajstić information content (AvgIpc) is 2.80. The molecule has 0 aliphatic heterocycles. The summed E-state index contributed by atoms with van der Waals surface area (Å²) in [4.78, 5) is 11.3. The van der Waals surface area contributed by atoms with Gasteiger partial charge in [-0.3, -0.25) is 4.79 Å². The standard InChI is InChI=1S/C20H24BrFO3/c1-10(23)25-17-6-5-11-12-7-8-20(2)15(9-16(21)19(20)24)13(12)3-4-14(11)18(17)22/h5-6,12-13,15-16,19,24H,3-4,7-9H2,1-2H3/t12-,13-,15+,16-,19-,20+/m1/s1. The first-order valence-corrected chi connectivity index (χ1v) is 10.1. The van der Waals surface area contributed by atoms with Crippen molar-refractivity contribution in [1.82, 2.24) is 0 Å². The molecule has 0 aromatic heterocycles. The zero-order valence-electron chi connectivity index (χ0n) is 14.6. The number of aliphatic hydroxyl groups excluding tert-OH is 1. The quantitative estimate of drug-likeness (QED) is 0.425. The van der Waals surface area contributed by atoms with Gasteiger partial charge in [0.05, 0.1) is 6.10 Å². The second-order valence-corrected chi connectivity index (χ2v) is 9.37. The Morgan fingerprint density at radius 2 is 2.16 bits per heavy atom. The molecule has 1 N–H and O–H groups in total. The van der Waals surface area contributed by atoms with Crippen LogP contribution in [-0.4, -0.2) is 22.0 Å². The molecule has 0 saturated heterocycles. The number of halogens is 2. The summed E-state index contributed by atoms with van der Waals surface area (Å²) in [6.07, 6.45) is 4.24. The number of alkyl halides is 1. The summed E-state index contributed by atoms with van der Waals surface area (Å²) >= 11 is 3.66. The minimum atomic E-state index is -0.496. The van der Waals surface area contributed by atoms with Gasteiger partial charge >= 0.3 is 5.97 Å². The highest BCUT2D eigenvalue weighted by atomic mass is 79.9. The van der Waals surface area contributed by atoms with Gasteiger partial charge < -0.3 is 9.84 Å². The summed E-state index contributed by atoms with van der Waals surface area (Å²) in [6.45, 7) is 3.51. The van der Waals surface area contributed by atoms with Crippen molar-refractivity contribution in [3.8, 4) is 5.75 Å². The molecule has 2 fully saturated rings. The third-order valence-corrected chi connectivity index (χ3v) is 7.87. The van der Waals surface area contributed by atoms with Crippen LogP contribution < -0.4 is 4.74 Å². The van der Waals surface area contributed by atoms with E-state index in [4.69, 9.17) is 4.74 Å². The number of carbonyl (C=O) groups is 1. The van der Waals surface area contributed by atoms with E-state index < -0.39 is 5.97 Å². The minimum absolute atomic E-state index is 0.0386. The maximum atomic E-state index is 14.8. The first-order valence-electron chi connectivity index (χ1n) is 9.14. The maximum absolute atomic E-state index is 14.8. The summed E-state index contributed by atoms with van der Waals surface area (Å²) in [7, 11) is 0. The van der Waals surface area contributed by atoms with Crippen LogP contribution in [0.2, 0.25) is 0 Å². The lowest BCUT2D eigenvalue weighted by Gasteiger charge is -2.50. The van der Waals surface area contributed by atoms with Gasteiger partial charge in [0.1, 0.15) is 0 Å². The Hall–Kier alpha value is -0.940. The van der Waals surface area contributed by atoms with E-state index >= 15 is 0 Å². The fourth-order valence-electron chi connectivity index (χ4n) is 5.78. The van der Waals surface area contributed by atoms with Crippen molar-refractivity contribution >= 4 is 21.9 Å². The van der Waals surface area contributed by atoms with Crippen molar-refractivity contribution in [3.63, 3.8) is 0 Å². The van der Waals surface area contributed by atoms with E-state index in [1.54, 1.807) is 6.07 Å². The van der Waals surface area contributed by atoms with Gasteiger partial charge in [-0.15, -0.1) is 0 Å². The van der Waals surface area contributed by atoms with Crippen molar-refractivity contribution < 1.29 is 19.0 Å². The molecule has 0 heterocycles. The Morgan fingerprint density at radius 1 is 1.40 bits per heavy atom.